The first kappa shape index (κ1) is 13.0. The maximum atomic E-state index is 5.76. The van der Waals surface area contributed by atoms with E-state index in [1.54, 1.807) is 0 Å². The number of fused-ring (bicyclic) bond motifs is 1. The summed E-state index contributed by atoms with van der Waals surface area (Å²) in [5, 5.41) is 0. The highest BCUT2D eigenvalue weighted by Gasteiger charge is 2.15. The van der Waals surface area contributed by atoms with Gasteiger partial charge in [0.25, 0.3) is 0 Å². The Morgan fingerprint density at radius 3 is 2.75 bits per heavy atom. The highest BCUT2D eigenvalue weighted by Crippen LogP contribution is 2.18. The SMILES string of the molecule is Nc1cccc(OCCN2CCc3ccccc3C2)c1. The number of ether oxygens (including phenoxy) is 1. The van der Waals surface area contributed by atoms with E-state index in [1.165, 1.54) is 11.1 Å². The van der Waals surface area contributed by atoms with Gasteiger partial charge >= 0.3 is 0 Å². The Labute approximate surface area is 120 Å². The number of nitrogens with zero attached hydrogens (tertiary/aromatic N) is 1. The van der Waals surface area contributed by atoms with Crippen molar-refractivity contribution in [2.24, 2.45) is 0 Å². The molecule has 0 bridgehead atoms. The van der Waals surface area contributed by atoms with Crippen molar-refractivity contribution in [3.05, 3.63) is 59.7 Å². The molecule has 104 valence electrons. The van der Waals surface area contributed by atoms with Crippen molar-refractivity contribution in [1.29, 1.82) is 0 Å². The van der Waals surface area contributed by atoms with Crippen LogP contribution in [0.15, 0.2) is 48.5 Å². The minimum absolute atomic E-state index is 0.700. The minimum atomic E-state index is 0.700. The van der Waals surface area contributed by atoms with Gasteiger partial charge in [0.05, 0.1) is 0 Å². The van der Waals surface area contributed by atoms with Crippen LogP contribution in [0, 0.1) is 0 Å². The Morgan fingerprint density at radius 2 is 1.90 bits per heavy atom. The first-order valence-electron chi connectivity index (χ1n) is 7.09. The molecule has 0 radical (unpaired) electrons. The summed E-state index contributed by atoms with van der Waals surface area (Å²) in [6.07, 6.45) is 1.13. The summed E-state index contributed by atoms with van der Waals surface area (Å²) in [5.41, 5.74) is 9.41. The quantitative estimate of drug-likeness (QED) is 0.866. The Kier molecular flexibility index (Phi) is 3.88. The van der Waals surface area contributed by atoms with Crippen molar-refractivity contribution in [2.45, 2.75) is 13.0 Å². The summed E-state index contributed by atoms with van der Waals surface area (Å²) in [6, 6.07) is 16.3. The summed E-state index contributed by atoms with van der Waals surface area (Å²) < 4.78 is 5.76. The zero-order chi connectivity index (χ0) is 13.8. The van der Waals surface area contributed by atoms with Crippen molar-refractivity contribution < 1.29 is 4.74 Å². The van der Waals surface area contributed by atoms with Crippen LogP contribution in [-0.2, 0) is 13.0 Å². The van der Waals surface area contributed by atoms with Gasteiger partial charge in [0.2, 0.25) is 0 Å². The molecule has 2 aromatic rings. The van der Waals surface area contributed by atoms with E-state index in [-0.39, 0.29) is 0 Å². The molecule has 0 aliphatic carbocycles. The van der Waals surface area contributed by atoms with Gasteiger partial charge in [-0.15, -0.1) is 0 Å². The zero-order valence-electron chi connectivity index (χ0n) is 11.6. The fourth-order valence-corrected chi connectivity index (χ4v) is 2.64. The normalized spacial score (nSPS) is 14.8. The Bertz CT molecular complexity index is 583. The van der Waals surface area contributed by atoms with Crippen molar-refractivity contribution in [3.8, 4) is 5.75 Å². The third kappa shape index (κ3) is 3.11. The molecule has 0 saturated carbocycles. The first-order valence-corrected chi connectivity index (χ1v) is 7.09. The van der Waals surface area contributed by atoms with Crippen molar-refractivity contribution in [2.75, 3.05) is 25.4 Å². The number of nitrogens with two attached hydrogens (primary N) is 1. The lowest BCUT2D eigenvalue weighted by Crippen LogP contribution is -2.33. The lowest BCUT2D eigenvalue weighted by Gasteiger charge is -2.28. The molecule has 3 nitrogen and oxygen atoms in total. The highest BCUT2D eigenvalue weighted by molar-refractivity contribution is 5.43. The van der Waals surface area contributed by atoms with Crippen LogP contribution in [0.4, 0.5) is 5.69 Å². The van der Waals surface area contributed by atoms with E-state index in [0.29, 0.717) is 6.61 Å². The molecule has 3 rings (SSSR count). The van der Waals surface area contributed by atoms with Crippen LogP contribution in [-0.4, -0.2) is 24.6 Å². The molecular weight excluding hydrogens is 248 g/mol. The molecule has 0 unspecified atom stereocenters. The van der Waals surface area contributed by atoms with Crippen LogP contribution < -0.4 is 10.5 Å². The predicted octanol–water partition coefficient (Wildman–Crippen LogP) is 2.71. The molecule has 0 spiro atoms. The van der Waals surface area contributed by atoms with Gasteiger partial charge in [-0.2, -0.15) is 0 Å². The van der Waals surface area contributed by atoms with E-state index in [9.17, 15) is 0 Å². The van der Waals surface area contributed by atoms with Gasteiger partial charge in [-0.3, -0.25) is 4.90 Å². The first-order chi connectivity index (χ1) is 9.81. The topological polar surface area (TPSA) is 38.5 Å². The predicted molar refractivity (Wildman–Crippen MR) is 81.8 cm³/mol. The number of hydrogen-bond donors (Lipinski definition) is 1. The molecule has 2 N–H and O–H groups in total. The average Bonchev–Trinajstić information content (AvgIpc) is 2.47. The van der Waals surface area contributed by atoms with Gasteiger partial charge in [0.1, 0.15) is 12.4 Å². The van der Waals surface area contributed by atoms with E-state index in [0.717, 1.165) is 37.5 Å². The number of anilines is 1. The molecule has 3 heteroatoms. The van der Waals surface area contributed by atoms with Gasteiger partial charge in [-0.1, -0.05) is 30.3 Å². The molecule has 1 aliphatic heterocycles. The van der Waals surface area contributed by atoms with Crippen LogP contribution in [0.3, 0.4) is 0 Å². The van der Waals surface area contributed by atoms with E-state index >= 15 is 0 Å². The second-order valence-corrected chi connectivity index (χ2v) is 5.22. The van der Waals surface area contributed by atoms with E-state index < -0.39 is 0 Å². The lowest BCUT2D eigenvalue weighted by molar-refractivity contribution is 0.196. The molecule has 1 heterocycles. The maximum absolute atomic E-state index is 5.76. The van der Waals surface area contributed by atoms with Gasteiger partial charge in [0.15, 0.2) is 0 Å². The molecule has 0 atom stereocenters. The molecular formula is C17H20N2O. The van der Waals surface area contributed by atoms with Gasteiger partial charge in [-0.05, 0) is 29.7 Å². The third-order valence-electron chi connectivity index (χ3n) is 3.74. The summed E-state index contributed by atoms with van der Waals surface area (Å²) in [5.74, 6) is 0.849. The van der Waals surface area contributed by atoms with Crippen molar-refractivity contribution in [3.63, 3.8) is 0 Å². The molecule has 0 fully saturated rings. The summed E-state index contributed by atoms with van der Waals surface area (Å²) in [4.78, 5) is 2.44. The molecule has 0 amide bonds. The maximum Gasteiger partial charge on any atom is 0.121 e. The largest absolute Gasteiger partial charge is 0.492 e. The zero-order valence-corrected chi connectivity index (χ0v) is 11.6. The fraction of sp³-hybridized carbons (Fsp3) is 0.294. The lowest BCUT2D eigenvalue weighted by atomic mass is 10.0. The Hall–Kier alpha value is -2.00. The monoisotopic (exact) mass is 268 g/mol. The van der Waals surface area contributed by atoms with Crippen LogP contribution in [0.25, 0.3) is 0 Å². The standard InChI is InChI=1S/C17H20N2O/c18-16-6-3-7-17(12-16)20-11-10-19-9-8-14-4-1-2-5-15(14)13-19/h1-7,12H,8-11,13,18H2. The van der Waals surface area contributed by atoms with E-state index in [1.807, 2.05) is 24.3 Å². The molecule has 2 aromatic carbocycles. The van der Waals surface area contributed by atoms with Crippen LogP contribution in [0.1, 0.15) is 11.1 Å². The average molecular weight is 268 g/mol. The Morgan fingerprint density at radius 1 is 1.05 bits per heavy atom. The second kappa shape index (κ2) is 5.97. The number of hydrogen-bond acceptors (Lipinski definition) is 3. The van der Waals surface area contributed by atoms with Gasteiger partial charge < -0.3 is 10.5 Å². The molecule has 0 aromatic heterocycles. The molecule has 1 aliphatic rings. The summed E-state index contributed by atoms with van der Waals surface area (Å²) in [6.45, 7) is 3.78. The van der Waals surface area contributed by atoms with E-state index in [2.05, 4.69) is 29.2 Å². The minimum Gasteiger partial charge on any atom is -0.492 e. The highest BCUT2D eigenvalue weighted by atomic mass is 16.5. The summed E-state index contributed by atoms with van der Waals surface area (Å²) in [7, 11) is 0. The van der Waals surface area contributed by atoms with Crippen LogP contribution >= 0.6 is 0 Å². The van der Waals surface area contributed by atoms with Crippen molar-refractivity contribution >= 4 is 5.69 Å². The third-order valence-corrected chi connectivity index (χ3v) is 3.74. The van der Waals surface area contributed by atoms with Gasteiger partial charge in [0, 0.05) is 31.4 Å². The van der Waals surface area contributed by atoms with Crippen LogP contribution in [0.5, 0.6) is 5.75 Å². The summed E-state index contributed by atoms with van der Waals surface area (Å²) >= 11 is 0. The Balaban J connectivity index is 1.51. The smallest absolute Gasteiger partial charge is 0.121 e. The fourth-order valence-electron chi connectivity index (χ4n) is 2.64. The number of benzene rings is 2. The second-order valence-electron chi connectivity index (χ2n) is 5.22. The van der Waals surface area contributed by atoms with Gasteiger partial charge in [-0.25, -0.2) is 0 Å². The number of rotatable bonds is 4. The van der Waals surface area contributed by atoms with Crippen molar-refractivity contribution in [1.82, 2.24) is 4.90 Å². The number of nitrogen functional groups attached to an aromatic ring is 1. The molecule has 20 heavy (non-hydrogen) atoms. The van der Waals surface area contributed by atoms with E-state index in [4.69, 9.17) is 10.5 Å². The molecule has 0 saturated heterocycles. The van der Waals surface area contributed by atoms with Crippen LogP contribution in [0.2, 0.25) is 0 Å².